The summed E-state index contributed by atoms with van der Waals surface area (Å²) >= 11 is 9.24. The summed E-state index contributed by atoms with van der Waals surface area (Å²) in [5, 5.41) is 4.69. The predicted octanol–water partition coefficient (Wildman–Crippen LogP) is 2.68. The van der Waals surface area contributed by atoms with Crippen LogP contribution in [0.2, 0.25) is 5.02 Å². The fraction of sp³-hybridized carbons (Fsp3) is 0. The van der Waals surface area contributed by atoms with Crippen LogP contribution in [0.3, 0.4) is 0 Å². The van der Waals surface area contributed by atoms with Crippen LogP contribution in [0.1, 0.15) is 0 Å². The molecule has 2 aromatic rings. The van der Waals surface area contributed by atoms with Gasteiger partial charge >= 0.3 is 0 Å². The van der Waals surface area contributed by atoms with Gasteiger partial charge in [0.15, 0.2) is 0 Å². The predicted molar refractivity (Wildman–Crippen MR) is 54.1 cm³/mol. The molecule has 0 aromatic carbocycles. The number of aromatic nitrogens is 3. The van der Waals surface area contributed by atoms with Crippen LogP contribution in [-0.4, -0.2) is 14.8 Å². The smallest absolute Gasteiger partial charge is 0.0863 e. The van der Waals surface area contributed by atoms with Crippen LogP contribution < -0.4 is 0 Å². The van der Waals surface area contributed by atoms with E-state index in [-0.39, 0.29) is 0 Å². The van der Waals surface area contributed by atoms with Crippen molar-refractivity contribution in [3.63, 3.8) is 0 Å². The monoisotopic (exact) mass is 257 g/mol. The molecule has 0 unspecified atom stereocenters. The van der Waals surface area contributed by atoms with Crippen LogP contribution in [0.25, 0.3) is 5.69 Å². The van der Waals surface area contributed by atoms with Crippen molar-refractivity contribution in [3.05, 3.63) is 40.3 Å². The van der Waals surface area contributed by atoms with E-state index in [1.165, 1.54) is 0 Å². The quantitative estimate of drug-likeness (QED) is 0.787. The minimum absolute atomic E-state index is 0.582. The highest BCUT2D eigenvalue weighted by Gasteiger charge is 2.02. The number of halogens is 2. The van der Waals surface area contributed by atoms with E-state index in [2.05, 4.69) is 26.0 Å². The maximum absolute atomic E-state index is 5.93. The summed E-state index contributed by atoms with van der Waals surface area (Å²) in [5.41, 5.74) is 0.822. The SMILES string of the molecule is Clc1cnccc1-n1cc(Br)cn1. The van der Waals surface area contributed by atoms with Gasteiger partial charge in [-0.25, -0.2) is 4.68 Å². The molecule has 0 aliphatic rings. The lowest BCUT2D eigenvalue weighted by Crippen LogP contribution is -1.94. The fourth-order valence-electron chi connectivity index (χ4n) is 0.986. The summed E-state index contributed by atoms with van der Waals surface area (Å²) in [4.78, 5) is 3.89. The summed E-state index contributed by atoms with van der Waals surface area (Å²) in [6.45, 7) is 0. The van der Waals surface area contributed by atoms with Crippen molar-refractivity contribution in [1.82, 2.24) is 14.8 Å². The standard InChI is InChI=1S/C8H5BrClN3/c9-6-3-12-13(5-6)8-1-2-11-4-7(8)10/h1-5H. The average molecular weight is 259 g/mol. The maximum atomic E-state index is 5.93. The Bertz CT molecular complexity index is 427. The largest absolute Gasteiger partial charge is 0.263 e. The lowest BCUT2D eigenvalue weighted by atomic mass is 10.4. The van der Waals surface area contributed by atoms with Crippen LogP contribution in [-0.2, 0) is 0 Å². The molecule has 0 N–H and O–H groups in total. The minimum atomic E-state index is 0.582. The van der Waals surface area contributed by atoms with Gasteiger partial charge in [-0.3, -0.25) is 4.98 Å². The molecule has 0 aliphatic heterocycles. The molecule has 0 spiro atoms. The second-order valence-corrected chi connectivity index (χ2v) is 3.75. The van der Waals surface area contributed by atoms with Gasteiger partial charge in [-0.15, -0.1) is 0 Å². The molecule has 3 nitrogen and oxygen atoms in total. The molecule has 2 heterocycles. The Morgan fingerprint density at radius 2 is 2.23 bits per heavy atom. The highest BCUT2D eigenvalue weighted by Crippen LogP contribution is 2.19. The fourth-order valence-corrected chi connectivity index (χ4v) is 1.48. The lowest BCUT2D eigenvalue weighted by Gasteiger charge is -2.01. The van der Waals surface area contributed by atoms with E-state index < -0.39 is 0 Å². The molecule has 13 heavy (non-hydrogen) atoms. The first-order valence-electron chi connectivity index (χ1n) is 3.57. The zero-order valence-electron chi connectivity index (χ0n) is 6.48. The van der Waals surface area contributed by atoms with Gasteiger partial charge in [0.25, 0.3) is 0 Å². The number of pyridine rings is 1. The molecule has 0 fully saturated rings. The van der Waals surface area contributed by atoms with Gasteiger partial charge < -0.3 is 0 Å². The first-order chi connectivity index (χ1) is 6.27. The van der Waals surface area contributed by atoms with Gasteiger partial charge in [0, 0.05) is 18.6 Å². The molecule has 2 rings (SSSR count). The van der Waals surface area contributed by atoms with E-state index in [0.29, 0.717) is 5.02 Å². The lowest BCUT2D eigenvalue weighted by molar-refractivity contribution is 0.877. The van der Waals surface area contributed by atoms with E-state index in [9.17, 15) is 0 Å². The third-order valence-electron chi connectivity index (χ3n) is 1.55. The Labute approximate surface area is 88.5 Å². The van der Waals surface area contributed by atoms with Crippen LogP contribution in [0, 0.1) is 0 Å². The van der Waals surface area contributed by atoms with Crippen molar-refractivity contribution >= 4 is 27.5 Å². The molecule has 66 valence electrons. The summed E-state index contributed by atoms with van der Waals surface area (Å²) < 4.78 is 2.61. The number of nitrogens with zero attached hydrogens (tertiary/aromatic N) is 3. The second-order valence-electron chi connectivity index (χ2n) is 2.43. The third kappa shape index (κ3) is 1.73. The van der Waals surface area contributed by atoms with E-state index >= 15 is 0 Å². The third-order valence-corrected chi connectivity index (χ3v) is 2.25. The minimum Gasteiger partial charge on any atom is -0.263 e. The average Bonchev–Trinajstić information content (AvgIpc) is 2.53. The van der Waals surface area contributed by atoms with Crippen LogP contribution >= 0.6 is 27.5 Å². The highest BCUT2D eigenvalue weighted by atomic mass is 79.9. The van der Waals surface area contributed by atoms with E-state index in [0.717, 1.165) is 10.2 Å². The van der Waals surface area contributed by atoms with Crippen molar-refractivity contribution in [2.75, 3.05) is 0 Å². The zero-order chi connectivity index (χ0) is 9.26. The van der Waals surface area contributed by atoms with Gasteiger partial charge in [0.2, 0.25) is 0 Å². The van der Waals surface area contributed by atoms with Crippen LogP contribution in [0.4, 0.5) is 0 Å². The Kier molecular flexibility index (Phi) is 2.33. The van der Waals surface area contributed by atoms with Gasteiger partial charge in [-0.05, 0) is 22.0 Å². The molecule has 0 saturated carbocycles. The molecular formula is C8H5BrClN3. The van der Waals surface area contributed by atoms with Crippen molar-refractivity contribution in [2.45, 2.75) is 0 Å². The molecule has 0 bridgehead atoms. The first kappa shape index (κ1) is 8.72. The van der Waals surface area contributed by atoms with Gasteiger partial charge in [0.1, 0.15) is 0 Å². The number of hydrogen-bond acceptors (Lipinski definition) is 2. The van der Waals surface area contributed by atoms with Crippen molar-refractivity contribution in [3.8, 4) is 5.69 Å². The molecule has 0 amide bonds. The van der Waals surface area contributed by atoms with Gasteiger partial charge in [-0.2, -0.15) is 5.10 Å². The van der Waals surface area contributed by atoms with Gasteiger partial charge in [-0.1, -0.05) is 11.6 Å². The molecule has 2 aromatic heterocycles. The van der Waals surface area contributed by atoms with Crippen molar-refractivity contribution < 1.29 is 0 Å². The molecule has 0 saturated heterocycles. The zero-order valence-corrected chi connectivity index (χ0v) is 8.83. The second kappa shape index (κ2) is 3.47. The molecule has 0 aliphatic carbocycles. The van der Waals surface area contributed by atoms with Crippen LogP contribution in [0.5, 0.6) is 0 Å². The Hall–Kier alpha value is -0.870. The van der Waals surface area contributed by atoms with Crippen molar-refractivity contribution in [2.24, 2.45) is 0 Å². The Morgan fingerprint density at radius 3 is 2.85 bits per heavy atom. The molecular weight excluding hydrogens is 253 g/mol. The number of rotatable bonds is 1. The summed E-state index contributed by atoms with van der Waals surface area (Å²) in [5.74, 6) is 0. The van der Waals surface area contributed by atoms with E-state index in [1.807, 2.05) is 12.3 Å². The Balaban J connectivity index is 2.52. The first-order valence-corrected chi connectivity index (χ1v) is 4.74. The summed E-state index contributed by atoms with van der Waals surface area (Å²) in [6.07, 6.45) is 6.81. The van der Waals surface area contributed by atoms with E-state index in [1.54, 1.807) is 23.3 Å². The Morgan fingerprint density at radius 1 is 1.38 bits per heavy atom. The van der Waals surface area contributed by atoms with Crippen molar-refractivity contribution in [1.29, 1.82) is 0 Å². The maximum Gasteiger partial charge on any atom is 0.0863 e. The molecule has 0 radical (unpaired) electrons. The van der Waals surface area contributed by atoms with Gasteiger partial charge in [0.05, 0.1) is 21.4 Å². The molecule has 5 heteroatoms. The topological polar surface area (TPSA) is 30.7 Å². The normalized spacial score (nSPS) is 10.3. The highest BCUT2D eigenvalue weighted by molar-refractivity contribution is 9.10. The molecule has 0 atom stereocenters. The number of hydrogen-bond donors (Lipinski definition) is 0. The summed E-state index contributed by atoms with van der Waals surface area (Å²) in [7, 11) is 0. The van der Waals surface area contributed by atoms with Crippen LogP contribution in [0.15, 0.2) is 35.3 Å². The van der Waals surface area contributed by atoms with E-state index in [4.69, 9.17) is 11.6 Å². The summed E-state index contributed by atoms with van der Waals surface area (Å²) in [6, 6.07) is 1.81.